The Morgan fingerprint density at radius 3 is 2.94 bits per heavy atom. The lowest BCUT2D eigenvalue weighted by Crippen LogP contribution is -2.24. The molecule has 2 aromatic heterocycles. The van der Waals surface area contributed by atoms with E-state index in [9.17, 15) is 8.42 Å². The normalized spacial score (nSPS) is 11.8. The van der Waals surface area contributed by atoms with Crippen molar-refractivity contribution in [3.8, 4) is 0 Å². The molecule has 0 saturated heterocycles. The number of aromatic nitrogens is 4. The maximum atomic E-state index is 12.1. The van der Waals surface area contributed by atoms with Crippen molar-refractivity contribution in [3.05, 3.63) is 22.1 Å². The van der Waals surface area contributed by atoms with Gasteiger partial charge in [-0.1, -0.05) is 5.21 Å². The first-order chi connectivity index (χ1) is 8.63. The lowest BCUT2D eigenvalue weighted by Gasteiger charge is -2.05. The Hall–Kier alpha value is -1.36. The molecule has 98 valence electrons. The molecular weight excluding hydrogens is 276 g/mol. The number of hydrogen-bond donors (Lipinski definition) is 3. The van der Waals surface area contributed by atoms with Crippen LogP contribution in [0, 0.1) is 0 Å². The monoisotopic (exact) mass is 288 g/mol. The van der Waals surface area contributed by atoms with Crippen LogP contribution in [-0.4, -0.2) is 36.1 Å². The number of H-pyrrole nitrogens is 1. The third-order valence-corrected chi connectivity index (χ3v) is 4.68. The van der Waals surface area contributed by atoms with Crippen molar-refractivity contribution in [2.75, 3.05) is 7.05 Å². The van der Waals surface area contributed by atoms with Gasteiger partial charge in [0.25, 0.3) is 0 Å². The molecule has 8 nitrogen and oxygen atoms in total. The average Bonchev–Trinajstić information content (AvgIpc) is 2.97. The number of tetrazole rings is 1. The standard InChI is InChI=1S/C8H12N6O2S2/c1-9-4-6-7(2-3-17-6)18(15,16)10-5-8-11-13-14-12-8/h2-3,9-10H,4-5H2,1H3,(H,11,12,13,14). The lowest BCUT2D eigenvalue weighted by atomic mass is 10.5. The van der Waals surface area contributed by atoms with Gasteiger partial charge >= 0.3 is 0 Å². The maximum Gasteiger partial charge on any atom is 0.242 e. The third kappa shape index (κ3) is 2.90. The highest BCUT2D eigenvalue weighted by Gasteiger charge is 2.19. The molecule has 0 bridgehead atoms. The summed E-state index contributed by atoms with van der Waals surface area (Å²) in [5.41, 5.74) is 0. The molecule has 0 radical (unpaired) electrons. The van der Waals surface area contributed by atoms with Gasteiger partial charge in [-0.3, -0.25) is 0 Å². The number of nitrogens with zero attached hydrogens (tertiary/aromatic N) is 3. The fraction of sp³-hybridized carbons (Fsp3) is 0.375. The first kappa shape index (κ1) is 13.1. The minimum atomic E-state index is -3.55. The van der Waals surface area contributed by atoms with E-state index < -0.39 is 10.0 Å². The summed E-state index contributed by atoms with van der Waals surface area (Å²) in [7, 11) is -1.78. The molecule has 0 aliphatic rings. The largest absolute Gasteiger partial charge is 0.315 e. The first-order valence-corrected chi connectivity index (χ1v) is 7.42. The Kier molecular flexibility index (Phi) is 4.01. The summed E-state index contributed by atoms with van der Waals surface area (Å²) in [6, 6.07) is 1.58. The van der Waals surface area contributed by atoms with E-state index in [1.807, 2.05) is 0 Å². The van der Waals surface area contributed by atoms with Crippen molar-refractivity contribution >= 4 is 21.4 Å². The SMILES string of the molecule is CNCc1sccc1S(=O)(=O)NCc1nn[nH]n1. The topological polar surface area (TPSA) is 113 Å². The Morgan fingerprint density at radius 2 is 2.28 bits per heavy atom. The molecule has 2 heterocycles. The van der Waals surface area contributed by atoms with Crippen molar-refractivity contribution in [1.82, 2.24) is 30.7 Å². The van der Waals surface area contributed by atoms with Crippen molar-refractivity contribution < 1.29 is 8.42 Å². The van der Waals surface area contributed by atoms with Gasteiger partial charge in [0, 0.05) is 11.4 Å². The van der Waals surface area contributed by atoms with Crippen LogP contribution in [0.15, 0.2) is 16.3 Å². The van der Waals surface area contributed by atoms with Gasteiger partial charge in [0.05, 0.1) is 11.4 Å². The van der Waals surface area contributed by atoms with E-state index in [-0.39, 0.29) is 11.4 Å². The summed E-state index contributed by atoms with van der Waals surface area (Å²) in [6.07, 6.45) is 0. The predicted molar refractivity (Wildman–Crippen MR) is 65.3 cm³/mol. The van der Waals surface area contributed by atoms with Gasteiger partial charge in [-0.15, -0.1) is 21.5 Å². The highest BCUT2D eigenvalue weighted by molar-refractivity contribution is 7.89. The molecule has 3 N–H and O–H groups in total. The van der Waals surface area contributed by atoms with Crippen LogP contribution in [0.2, 0.25) is 0 Å². The zero-order chi connectivity index (χ0) is 13.0. The second kappa shape index (κ2) is 5.52. The second-order valence-electron chi connectivity index (χ2n) is 3.39. The molecule has 0 aromatic carbocycles. The van der Waals surface area contributed by atoms with E-state index in [0.717, 1.165) is 4.88 Å². The molecule has 0 saturated carbocycles. The van der Waals surface area contributed by atoms with Gasteiger partial charge in [-0.2, -0.15) is 5.21 Å². The average molecular weight is 288 g/mol. The van der Waals surface area contributed by atoms with E-state index in [4.69, 9.17) is 0 Å². The van der Waals surface area contributed by atoms with Crippen LogP contribution in [-0.2, 0) is 23.1 Å². The van der Waals surface area contributed by atoms with Crippen molar-refractivity contribution in [2.24, 2.45) is 0 Å². The van der Waals surface area contributed by atoms with Crippen LogP contribution in [0.4, 0.5) is 0 Å². The summed E-state index contributed by atoms with van der Waals surface area (Å²) < 4.78 is 26.6. The third-order valence-electron chi connectivity index (χ3n) is 2.14. The number of aromatic amines is 1. The second-order valence-corrected chi connectivity index (χ2v) is 6.13. The van der Waals surface area contributed by atoms with E-state index in [0.29, 0.717) is 12.4 Å². The number of thiophene rings is 1. The zero-order valence-corrected chi connectivity index (χ0v) is 11.2. The maximum absolute atomic E-state index is 12.1. The van der Waals surface area contributed by atoms with Gasteiger partial charge in [0.1, 0.15) is 0 Å². The highest BCUT2D eigenvalue weighted by atomic mass is 32.2. The highest BCUT2D eigenvalue weighted by Crippen LogP contribution is 2.21. The first-order valence-electron chi connectivity index (χ1n) is 5.06. The molecule has 2 rings (SSSR count). The van der Waals surface area contributed by atoms with Gasteiger partial charge < -0.3 is 5.32 Å². The molecule has 0 aliphatic heterocycles. The minimum absolute atomic E-state index is 0.00761. The summed E-state index contributed by atoms with van der Waals surface area (Å²) in [6.45, 7) is 0.518. The predicted octanol–water partition coefficient (Wildman–Crippen LogP) is -0.541. The Labute approximate surface area is 108 Å². The number of hydrogen-bond acceptors (Lipinski definition) is 7. The molecule has 0 amide bonds. The fourth-order valence-electron chi connectivity index (χ4n) is 1.35. The van der Waals surface area contributed by atoms with Crippen LogP contribution in [0.3, 0.4) is 0 Å². The molecule has 0 aliphatic carbocycles. The molecule has 0 spiro atoms. The van der Waals surface area contributed by atoms with E-state index in [1.165, 1.54) is 11.3 Å². The quantitative estimate of drug-likeness (QED) is 0.658. The van der Waals surface area contributed by atoms with Gasteiger partial charge in [-0.05, 0) is 18.5 Å². The Morgan fingerprint density at radius 1 is 1.44 bits per heavy atom. The fourth-order valence-corrected chi connectivity index (χ4v) is 3.79. The van der Waals surface area contributed by atoms with Crippen LogP contribution in [0.25, 0.3) is 0 Å². The van der Waals surface area contributed by atoms with E-state index >= 15 is 0 Å². The molecular formula is C8H12N6O2S2. The van der Waals surface area contributed by atoms with Gasteiger partial charge in [0.2, 0.25) is 10.0 Å². The summed E-state index contributed by atoms with van der Waals surface area (Å²) in [5, 5.41) is 17.6. The van der Waals surface area contributed by atoms with Crippen molar-refractivity contribution in [2.45, 2.75) is 18.0 Å². The van der Waals surface area contributed by atoms with Crippen LogP contribution >= 0.6 is 11.3 Å². The van der Waals surface area contributed by atoms with Crippen LogP contribution in [0.5, 0.6) is 0 Å². The molecule has 2 aromatic rings. The molecule has 0 atom stereocenters. The summed E-state index contributed by atoms with van der Waals surface area (Å²) in [4.78, 5) is 1.04. The zero-order valence-electron chi connectivity index (χ0n) is 9.54. The molecule has 0 fully saturated rings. The molecule has 10 heteroatoms. The Balaban J connectivity index is 2.12. The minimum Gasteiger partial charge on any atom is -0.315 e. The van der Waals surface area contributed by atoms with Crippen molar-refractivity contribution in [1.29, 1.82) is 0 Å². The Bertz CT molecular complexity index is 591. The lowest BCUT2D eigenvalue weighted by molar-refractivity contribution is 0.578. The van der Waals surface area contributed by atoms with Crippen LogP contribution < -0.4 is 10.0 Å². The smallest absolute Gasteiger partial charge is 0.242 e. The number of rotatable bonds is 6. The summed E-state index contributed by atoms with van der Waals surface area (Å²) in [5.74, 6) is 0.295. The van der Waals surface area contributed by atoms with Crippen LogP contribution in [0.1, 0.15) is 10.7 Å². The number of sulfonamides is 1. The van der Waals surface area contributed by atoms with Gasteiger partial charge in [-0.25, -0.2) is 13.1 Å². The molecule has 18 heavy (non-hydrogen) atoms. The van der Waals surface area contributed by atoms with Gasteiger partial charge in [0.15, 0.2) is 5.82 Å². The molecule has 0 unspecified atom stereocenters. The summed E-state index contributed by atoms with van der Waals surface area (Å²) >= 11 is 1.39. The number of nitrogens with one attached hydrogen (secondary N) is 3. The van der Waals surface area contributed by atoms with Crippen molar-refractivity contribution in [3.63, 3.8) is 0 Å². The van der Waals surface area contributed by atoms with E-state index in [1.54, 1.807) is 18.5 Å². The van der Waals surface area contributed by atoms with E-state index in [2.05, 4.69) is 30.7 Å².